The van der Waals surface area contributed by atoms with Gasteiger partial charge in [0.25, 0.3) is 12.3 Å². The number of hydrogen-bond donors (Lipinski definition) is 1. The van der Waals surface area contributed by atoms with Gasteiger partial charge < -0.3 is 5.32 Å². The molecule has 1 amide bonds. The summed E-state index contributed by atoms with van der Waals surface area (Å²) in [4.78, 5) is 16.0. The first-order valence-electron chi connectivity index (χ1n) is 5.84. The van der Waals surface area contributed by atoms with Gasteiger partial charge in [0.2, 0.25) is 0 Å². The molecule has 0 bridgehead atoms. The van der Waals surface area contributed by atoms with Crippen LogP contribution in [0.5, 0.6) is 0 Å². The summed E-state index contributed by atoms with van der Waals surface area (Å²) in [6.07, 6.45) is -1.42. The van der Waals surface area contributed by atoms with Crippen LogP contribution in [-0.2, 0) is 0 Å². The second-order valence-electron chi connectivity index (χ2n) is 4.54. The van der Waals surface area contributed by atoms with Crippen molar-refractivity contribution in [1.29, 1.82) is 0 Å². The smallest absolute Gasteiger partial charge is 0.280 e. The summed E-state index contributed by atoms with van der Waals surface area (Å²) >= 11 is 0. The van der Waals surface area contributed by atoms with E-state index in [9.17, 15) is 13.6 Å². The first-order valence-corrected chi connectivity index (χ1v) is 5.84. The van der Waals surface area contributed by atoms with Crippen molar-refractivity contribution in [2.45, 2.75) is 33.2 Å². The van der Waals surface area contributed by atoms with Crippen LogP contribution < -0.4 is 5.32 Å². The summed E-state index contributed by atoms with van der Waals surface area (Å²) in [6, 6.07) is 1.20. The van der Waals surface area contributed by atoms with E-state index >= 15 is 0 Å². The average Bonchev–Trinajstić information content (AvgIpc) is 2.70. The van der Waals surface area contributed by atoms with Gasteiger partial charge in [-0.2, -0.15) is 5.10 Å². The summed E-state index contributed by atoms with van der Waals surface area (Å²) in [5.74, 6) is -0.372. The Balaban J connectivity index is 2.57. The molecule has 0 aromatic carbocycles. The minimum atomic E-state index is -2.68. The van der Waals surface area contributed by atoms with Gasteiger partial charge in [0.15, 0.2) is 5.65 Å². The molecule has 2 aromatic rings. The number of amides is 1. The Hall–Kier alpha value is -2.05. The molecule has 0 atom stereocenters. The Labute approximate surface area is 108 Å². The standard InChI is InChI=1S/C12H14F2N4O/c1-6(2)16-12(19)8-5-15-18-9(10(13)14)4-7(3)17-11(8)18/h4-6,10H,1-3H3,(H,16,19). The third kappa shape index (κ3) is 2.54. The maximum Gasteiger partial charge on any atom is 0.280 e. The molecule has 0 aliphatic carbocycles. The number of halogens is 2. The Kier molecular flexibility index (Phi) is 3.46. The molecule has 0 radical (unpaired) electrons. The molecule has 2 rings (SSSR count). The van der Waals surface area contributed by atoms with Gasteiger partial charge >= 0.3 is 0 Å². The second-order valence-corrected chi connectivity index (χ2v) is 4.54. The van der Waals surface area contributed by atoms with E-state index in [0.29, 0.717) is 5.69 Å². The fourth-order valence-corrected chi connectivity index (χ4v) is 1.77. The molecule has 5 nitrogen and oxygen atoms in total. The first kappa shape index (κ1) is 13.4. The zero-order valence-corrected chi connectivity index (χ0v) is 10.8. The van der Waals surface area contributed by atoms with Crippen LogP contribution in [0.25, 0.3) is 5.65 Å². The monoisotopic (exact) mass is 268 g/mol. The Morgan fingerprint density at radius 1 is 1.42 bits per heavy atom. The molecule has 0 saturated carbocycles. The lowest BCUT2D eigenvalue weighted by Crippen LogP contribution is -2.30. The summed E-state index contributed by atoms with van der Waals surface area (Å²) in [5.41, 5.74) is 0.487. The van der Waals surface area contributed by atoms with Crippen molar-refractivity contribution < 1.29 is 13.6 Å². The molecule has 0 spiro atoms. The van der Waals surface area contributed by atoms with E-state index in [1.807, 2.05) is 13.8 Å². The zero-order valence-electron chi connectivity index (χ0n) is 10.8. The molecule has 2 heterocycles. The molecule has 0 saturated heterocycles. The van der Waals surface area contributed by atoms with Gasteiger partial charge in [-0.3, -0.25) is 4.79 Å². The number of fused-ring (bicyclic) bond motifs is 1. The van der Waals surface area contributed by atoms with Crippen LogP contribution in [0.4, 0.5) is 8.78 Å². The van der Waals surface area contributed by atoms with Gasteiger partial charge in [0.05, 0.1) is 6.20 Å². The van der Waals surface area contributed by atoms with Crippen molar-refractivity contribution in [1.82, 2.24) is 19.9 Å². The van der Waals surface area contributed by atoms with Crippen LogP contribution in [0.1, 0.15) is 42.0 Å². The van der Waals surface area contributed by atoms with Crippen molar-refractivity contribution >= 4 is 11.6 Å². The maximum absolute atomic E-state index is 12.9. The minimum absolute atomic E-state index is 0.0539. The van der Waals surface area contributed by atoms with Crippen molar-refractivity contribution in [2.24, 2.45) is 0 Å². The lowest BCUT2D eigenvalue weighted by Gasteiger charge is -2.08. The number of nitrogens with one attached hydrogen (secondary N) is 1. The molecule has 2 aromatic heterocycles. The summed E-state index contributed by atoms with van der Waals surface area (Å²) < 4.78 is 26.8. The highest BCUT2D eigenvalue weighted by molar-refractivity contribution is 5.99. The van der Waals surface area contributed by atoms with Crippen LogP contribution in [0, 0.1) is 6.92 Å². The van der Waals surface area contributed by atoms with E-state index in [0.717, 1.165) is 4.52 Å². The highest BCUT2D eigenvalue weighted by atomic mass is 19.3. The largest absolute Gasteiger partial charge is 0.350 e. The van der Waals surface area contributed by atoms with E-state index in [1.54, 1.807) is 6.92 Å². The molecule has 0 unspecified atom stereocenters. The molecular weight excluding hydrogens is 254 g/mol. The average molecular weight is 268 g/mol. The van der Waals surface area contributed by atoms with Crippen molar-refractivity contribution in [3.8, 4) is 0 Å². The topological polar surface area (TPSA) is 59.3 Å². The molecule has 19 heavy (non-hydrogen) atoms. The summed E-state index contributed by atoms with van der Waals surface area (Å²) in [7, 11) is 0. The number of carbonyl (C=O) groups is 1. The highest BCUT2D eigenvalue weighted by Gasteiger charge is 2.20. The molecule has 0 fully saturated rings. The van der Waals surface area contributed by atoms with Gasteiger partial charge in [-0.15, -0.1) is 0 Å². The number of rotatable bonds is 3. The summed E-state index contributed by atoms with van der Waals surface area (Å²) in [5, 5.41) is 6.51. The lowest BCUT2D eigenvalue weighted by molar-refractivity contribution is 0.0944. The van der Waals surface area contributed by atoms with E-state index < -0.39 is 6.43 Å². The fraction of sp³-hybridized carbons (Fsp3) is 0.417. The fourth-order valence-electron chi connectivity index (χ4n) is 1.77. The molecule has 1 N–H and O–H groups in total. The normalized spacial score (nSPS) is 11.5. The third-order valence-electron chi connectivity index (χ3n) is 2.52. The Bertz CT molecular complexity index is 621. The number of aryl methyl sites for hydroxylation is 1. The first-order chi connectivity index (χ1) is 8.90. The van der Waals surface area contributed by atoms with E-state index in [-0.39, 0.29) is 28.9 Å². The lowest BCUT2D eigenvalue weighted by atomic mass is 10.2. The quantitative estimate of drug-likeness (QED) is 0.927. The minimum Gasteiger partial charge on any atom is -0.350 e. The van der Waals surface area contributed by atoms with Crippen molar-refractivity contribution in [2.75, 3.05) is 0 Å². The van der Waals surface area contributed by atoms with Crippen LogP contribution in [-0.4, -0.2) is 26.5 Å². The number of carbonyl (C=O) groups excluding carboxylic acids is 1. The number of nitrogens with zero attached hydrogens (tertiary/aromatic N) is 3. The van der Waals surface area contributed by atoms with Gasteiger partial charge in [0.1, 0.15) is 11.3 Å². The van der Waals surface area contributed by atoms with Gasteiger partial charge in [-0.1, -0.05) is 0 Å². The Morgan fingerprint density at radius 3 is 2.68 bits per heavy atom. The van der Waals surface area contributed by atoms with E-state index in [1.165, 1.54) is 12.3 Å². The van der Waals surface area contributed by atoms with Crippen LogP contribution in [0.2, 0.25) is 0 Å². The van der Waals surface area contributed by atoms with Gasteiger partial charge in [-0.25, -0.2) is 18.3 Å². The van der Waals surface area contributed by atoms with E-state index in [2.05, 4.69) is 15.4 Å². The van der Waals surface area contributed by atoms with Crippen LogP contribution in [0.15, 0.2) is 12.3 Å². The third-order valence-corrected chi connectivity index (χ3v) is 2.52. The molecular formula is C12H14F2N4O. The van der Waals surface area contributed by atoms with Crippen molar-refractivity contribution in [3.63, 3.8) is 0 Å². The number of alkyl halides is 2. The number of aromatic nitrogens is 3. The molecule has 7 heteroatoms. The summed E-state index contributed by atoms with van der Waals surface area (Å²) in [6.45, 7) is 5.22. The van der Waals surface area contributed by atoms with Crippen LogP contribution >= 0.6 is 0 Å². The van der Waals surface area contributed by atoms with Gasteiger partial charge in [0, 0.05) is 11.7 Å². The Morgan fingerprint density at radius 2 is 2.11 bits per heavy atom. The molecule has 0 aliphatic rings. The predicted octanol–water partition coefficient (Wildman–Crippen LogP) is 2.11. The van der Waals surface area contributed by atoms with Crippen molar-refractivity contribution in [3.05, 3.63) is 29.2 Å². The molecule has 102 valence electrons. The van der Waals surface area contributed by atoms with Crippen LogP contribution in [0.3, 0.4) is 0 Å². The zero-order chi connectivity index (χ0) is 14.2. The highest BCUT2D eigenvalue weighted by Crippen LogP contribution is 2.21. The van der Waals surface area contributed by atoms with Gasteiger partial charge in [-0.05, 0) is 26.8 Å². The second kappa shape index (κ2) is 4.91. The predicted molar refractivity (Wildman–Crippen MR) is 65.3 cm³/mol. The van der Waals surface area contributed by atoms with E-state index in [4.69, 9.17) is 0 Å². The maximum atomic E-state index is 12.9. The number of hydrogen-bond acceptors (Lipinski definition) is 3. The SMILES string of the molecule is Cc1cc(C(F)F)n2ncc(C(=O)NC(C)C)c2n1. The molecule has 0 aliphatic heterocycles.